The fourth-order valence-corrected chi connectivity index (χ4v) is 2.69. The van der Waals surface area contributed by atoms with Crippen LogP contribution in [0.5, 0.6) is 5.75 Å². The van der Waals surface area contributed by atoms with Crippen LogP contribution in [0.15, 0.2) is 23.2 Å². The first-order valence-corrected chi connectivity index (χ1v) is 9.61. The van der Waals surface area contributed by atoms with Crippen LogP contribution >= 0.6 is 0 Å². The fraction of sp³-hybridized carbons (Fsp3) is 0.600. The zero-order valence-corrected chi connectivity index (χ0v) is 16.9. The number of aliphatic imine (C=N–C) groups is 1. The summed E-state index contributed by atoms with van der Waals surface area (Å²) in [7, 11) is 0. The molecule has 1 aliphatic heterocycles. The van der Waals surface area contributed by atoms with Gasteiger partial charge in [0.25, 0.3) is 0 Å². The highest BCUT2D eigenvalue weighted by Crippen LogP contribution is 2.25. The molecule has 0 saturated heterocycles. The smallest absolute Gasteiger partial charge is 0.407 e. The number of carbonyl (C=O) groups excluding carboxylic acids is 1. The van der Waals surface area contributed by atoms with E-state index in [-0.39, 0.29) is 0 Å². The highest BCUT2D eigenvalue weighted by Gasteiger charge is 2.15. The summed E-state index contributed by atoms with van der Waals surface area (Å²) in [6, 6.07) is 6.36. The van der Waals surface area contributed by atoms with Gasteiger partial charge in [-0.15, -0.1) is 0 Å². The van der Waals surface area contributed by atoms with Crippen molar-refractivity contribution in [3.63, 3.8) is 0 Å². The van der Waals surface area contributed by atoms with E-state index in [1.807, 2.05) is 33.8 Å². The maximum atomic E-state index is 11.6. The number of amides is 1. The van der Waals surface area contributed by atoms with Crippen molar-refractivity contribution < 1.29 is 14.3 Å². The number of rotatable bonds is 7. The zero-order chi connectivity index (χ0) is 19.7. The molecule has 150 valence electrons. The maximum Gasteiger partial charge on any atom is 0.407 e. The van der Waals surface area contributed by atoms with Gasteiger partial charge >= 0.3 is 6.09 Å². The minimum atomic E-state index is -0.489. The summed E-state index contributed by atoms with van der Waals surface area (Å²) in [6.07, 6.45) is 1.45. The average Bonchev–Trinajstić information content (AvgIpc) is 3.05. The second kappa shape index (κ2) is 10.0. The molecule has 3 N–H and O–H groups in total. The summed E-state index contributed by atoms with van der Waals surface area (Å²) in [5, 5.41) is 9.15. The summed E-state index contributed by atoms with van der Waals surface area (Å²) >= 11 is 0. The Morgan fingerprint density at radius 3 is 2.74 bits per heavy atom. The van der Waals surface area contributed by atoms with E-state index >= 15 is 0 Å². The number of hydrogen-bond acceptors (Lipinski definition) is 4. The van der Waals surface area contributed by atoms with E-state index in [1.54, 1.807) is 0 Å². The molecule has 0 radical (unpaired) electrons. The van der Waals surface area contributed by atoms with Crippen molar-refractivity contribution in [2.24, 2.45) is 4.99 Å². The largest absolute Gasteiger partial charge is 0.493 e. The molecule has 27 heavy (non-hydrogen) atoms. The van der Waals surface area contributed by atoms with Crippen LogP contribution in [0.1, 0.15) is 38.8 Å². The number of alkyl carbamates (subject to hydrolysis) is 1. The minimum absolute atomic E-state index is 0.410. The predicted molar refractivity (Wildman–Crippen MR) is 108 cm³/mol. The molecule has 0 saturated carbocycles. The summed E-state index contributed by atoms with van der Waals surface area (Å²) in [5.41, 5.74) is 2.07. The summed E-state index contributed by atoms with van der Waals surface area (Å²) in [5.74, 6) is 1.75. The van der Waals surface area contributed by atoms with E-state index < -0.39 is 11.7 Å². The lowest BCUT2D eigenvalue weighted by Gasteiger charge is -2.19. The van der Waals surface area contributed by atoms with E-state index in [4.69, 9.17) is 9.47 Å². The number of hydrogen-bond donors (Lipinski definition) is 3. The monoisotopic (exact) mass is 376 g/mol. The zero-order valence-electron chi connectivity index (χ0n) is 16.9. The van der Waals surface area contributed by atoms with Gasteiger partial charge in [-0.1, -0.05) is 12.1 Å². The van der Waals surface area contributed by atoms with Crippen LogP contribution in [0, 0.1) is 0 Å². The van der Waals surface area contributed by atoms with E-state index in [2.05, 4.69) is 33.1 Å². The number of ether oxygens (including phenoxy) is 2. The van der Waals surface area contributed by atoms with Crippen LogP contribution in [0.2, 0.25) is 0 Å². The molecule has 1 aromatic rings. The van der Waals surface area contributed by atoms with E-state index in [0.717, 1.165) is 37.7 Å². The molecule has 7 nitrogen and oxygen atoms in total. The topological polar surface area (TPSA) is 84.0 Å². The Morgan fingerprint density at radius 2 is 2.00 bits per heavy atom. The Bertz CT molecular complexity index is 653. The van der Waals surface area contributed by atoms with Gasteiger partial charge in [-0.25, -0.2) is 4.79 Å². The van der Waals surface area contributed by atoms with Crippen molar-refractivity contribution in [3.05, 3.63) is 29.3 Å². The Hall–Kier alpha value is -2.44. The third kappa shape index (κ3) is 7.76. The van der Waals surface area contributed by atoms with Crippen molar-refractivity contribution in [3.8, 4) is 5.75 Å². The lowest BCUT2D eigenvalue weighted by atomic mass is 10.1. The summed E-state index contributed by atoms with van der Waals surface area (Å²) in [4.78, 5) is 16.2. The first-order chi connectivity index (χ1) is 12.9. The molecule has 1 aromatic carbocycles. The Labute approximate surface area is 161 Å². The Balaban J connectivity index is 1.73. The lowest BCUT2D eigenvalue weighted by Crippen LogP contribution is -2.42. The predicted octanol–water partition coefficient (Wildman–Crippen LogP) is 2.24. The molecule has 0 unspecified atom stereocenters. The molecule has 0 spiro atoms. The van der Waals surface area contributed by atoms with Crippen LogP contribution in [-0.2, 0) is 17.6 Å². The van der Waals surface area contributed by atoms with Gasteiger partial charge in [0.15, 0.2) is 5.96 Å². The van der Waals surface area contributed by atoms with E-state index in [1.165, 1.54) is 11.1 Å². The highest BCUT2D eigenvalue weighted by molar-refractivity contribution is 5.79. The molecule has 0 aliphatic carbocycles. The van der Waals surface area contributed by atoms with Crippen molar-refractivity contribution in [2.75, 3.05) is 32.8 Å². The number of carbonyl (C=O) groups is 1. The molecule has 1 aliphatic rings. The number of nitrogens with one attached hydrogen (secondary N) is 3. The SMILES string of the molecule is CCNC(=NCCc1ccc2c(c1)CCO2)NCCNC(=O)OC(C)(C)C. The number of nitrogens with zero attached hydrogens (tertiary/aromatic N) is 1. The van der Waals surface area contributed by atoms with Crippen LogP contribution < -0.4 is 20.7 Å². The van der Waals surface area contributed by atoms with Crippen LogP contribution in [-0.4, -0.2) is 50.4 Å². The first kappa shape index (κ1) is 20.9. The van der Waals surface area contributed by atoms with E-state index in [9.17, 15) is 4.79 Å². The normalized spacial score (nSPS) is 13.6. The molecule has 2 rings (SSSR count). The molecule has 0 aromatic heterocycles. The van der Waals surface area contributed by atoms with Crippen LogP contribution in [0.3, 0.4) is 0 Å². The second-order valence-corrected chi connectivity index (χ2v) is 7.41. The molecule has 7 heteroatoms. The molecular formula is C20H32N4O3. The van der Waals surface area contributed by atoms with Crippen molar-refractivity contribution >= 4 is 12.1 Å². The molecular weight excluding hydrogens is 344 g/mol. The van der Waals surface area contributed by atoms with Gasteiger partial charge in [0, 0.05) is 32.6 Å². The minimum Gasteiger partial charge on any atom is -0.493 e. The van der Waals surface area contributed by atoms with Crippen LogP contribution in [0.4, 0.5) is 4.79 Å². The van der Waals surface area contributed by atoms with Crippen LogP contribution in [0.25, 0.3) is 0 Å². The van der Waals surface area contributed by atoms with E-state index in [0.29, 0.717) is 19.6 Å². The quantitative estimate of drug-likeness (QED) is 0.386. The van der Waals surface area contributed by atoms with Gasteiger partial charge in [0.05, 0.1) is 6.61 Å². The summed E-state index contributed by atoms with van der Waals surface area (Å²) < 4.78 is 10.7. The number of benzene rings is 1. The van der Waals surface area contributed by atoms with Gasteiger partial charge in [-0.2, -0.15) is 0 Å². The van der Waals surface area contributed by atoms with Gasteiger partial charge in [-0.05, 0) is 51.3 Å². The standard InChI is InChI=1S/C20H32N4O3/c1-5-21-18(23-11-12-24-19(25)27-20(2,3)4)22-10-8-15-6-7-17-16(14-15)9-13-26-17/h6-7,14H,5,8-13H2,1-4H3,(H,24,25)(H2,21,22,23). The van der Waals surface area contributed by atoms with Crippen molar-refractivity contribution in [1.29, 1.82) is 0 Å². The fourth-order valence-electron chi connectivity index (χ4n) is 2.69. The number of fused-ring (bicyclic) bond motifs is 1. The van der Waals surface area contributed by atoms with Gasteiger partial charge in [0.2, 0.25) is 0 Å². The van der Waals surface area contributed by atoms with Gasteiger partial charge in [-0.3, -0.25) is 4.99 Å². The molecule has 1 amide bonds. The van der Waals surface area contributed by atoms with Crippen molar-refractivity contribution in [2.45, 2.75) is 46.1 Å². The highest BCUT2D eigenvalue weighted by atomic mass is 16.6. The first-order valence-electron chi connectivity index (χ1n) is 9.61. The summed E-state index contributed by atoms with van der Waals surface area (Å²) in [6.45, 7) is 10.8. The molecule has 0 bridgehead atoms. The third-order valence-corrected chi connectivity index (χ3v) is 3.85. The number of guanidine groups is 1. The third-order valence-electron chi connectivity index (χ3n) is 3.85. The maximum absolute atomic E-state index is 11.6. The van der Waals surface area contributed by atoms with Crippen molar-refractivity contribution in [1.82, 2.24) is 16.0 Å². The molecule has 0 atom stereocenters. The van der Waals surface area contributed by atoms with Gasteiger partial charge < -0.3 is 25.4 Å². The Kier molecular flexibility index (Phi) is 7.76. The Morgan fingerprint density at radius 1 is 1.22 bits per heavy atom. The average molecular weight is 377 g/mol. The second-order valence-electron chi connectivity index (χ2n) is 7.41. The molecule has 0 fully saturated rings. The molecule has 1 heterocycles. The lowest BCUT2D eigenvalue weighted by molar-refractivity contribution is 0.0529. The van der Waals surface area contributed by atoms with Gasteiger partial charge in [0.1, 0.15) is 11.4 Å².